The van der Waals surface area contributed by atoms with Gasteiger partial charge in [0.2, 0.25) is 5.91 Å². The summed E-state index contributed by atoms with van der Waals surface area (Å²) in [6.07, 6.45) is 4.17. The van der Waals surface area contributed by atoms with Crippen LogP contribution in [0, 0.1) is 5.82 Å². The van der Waals surface area contributed by atoms with E-state index in [1.807, 2.05) is 17.0 Å². The standard InChI is InChI=1S/C17H18FN3O/c18-14-4-2-1-3-13(14)17(7-8-17)16(22)21-10-6-12(11-21)15-5-9-19-20-15/h1-5,9,12H,6-8,10-11H2,(H,19,20)/t12-/m1/s1. The first-order chi connectivity index (χ1) is 10.7. The Balaban J connectivity index is 1.54. The van der Waals surface area contributed by atoms with Gasteiger partial charge < -0.3 is 4.90 Å². The Kier molecular flexibility index (Phi) is 3.03. The highest BCUT2D eigenvalue weighted by atomic mass is 19.1. The van der Waals surface area contributed by atoms with E-state index in [-0.39, 0.29) is 11.7 Å². The van der Waals surface area contributed by atoms with Crippen LogP contribution in [0.4, 0.5) is 4.39 Å². The Morgan fingerprint density at radius 1 is 1.32 bits per heavy atom. The van der Waals surface area contributed by atoms with Gasteiger partial charge in [-0.2, -0.15) is 5.10 Å². The van der Waals surface area contributed by atoms with Crippen molar-refractivity contribution in [2.45, 2.75) is 30.6 Å². The van der Waals surface area contributed by atoms with E-state index in [9.17, 15) is 9.18 Å². The largest absolute Gasteiger partial charge is 0.341 e. The van der Waals surface area contributed by atoms with Crippen molar-refractivity contribution in [1.82, 2.24) is 15.1 Å². The molecule has 1 saturated carbocycles. The smallest absolute Gasteiger partial charge is 0.233 e. The molecule has 4 rings (SSSR count). The van der Waals surface area contributed by atoms with Crippen LogP contribution in [-0.2, 0) is 10.2 Å². The number of nitrogens with one attached hydrogen (secondary N) is 1. The molecule has 1 atom stereocenters. The van der Waals surface area contributed by atoms with Gasteiger partial charge in [0, 0.05) is 36.5 Å². The predicted molar refractivity (Wildman–Crippen MR) is 79.8 cm³/mol. The van der Waals surface area contributed by atoms with Crippen molar-refractivity contribution >= 4 is 5.91 Å². The van der Waals surface area contributed by atoms with E-state index in [1.54, 1.807) is 18.3 Å². The molecule has 0 radical (unpaired) electrons. The summed E-state index contributed by atoms with van der Waals surface area (Å²) < 4.78 is 14.1. The van der Waals surface area contributed by atoms with Crippen LogP contribution in [0.25, 0.3) is 0 Å². The lowest BCUT2D eigenvalue weighted by Crippen LogP contribution is -2.38. The second-order valence-corrected chi connectivity index (χ2v) is 6.31. The van der Waals surface area contributed by atoms with Gasteiger partial charge in [-0.3, -0.25) is 9.89 Å². The highest BCUT2D eigenvalue weighted by Crippen LogP contribution is 2.51. The highest BCUT2D eigenvalue weighted by Gasteiger charge is 2.55. The summed E-state index contributed by atoms with van der Waals surface area (Å²) in [5, 5.41) is 6.96. The summed E-state index contributed by atoms with van der Waals surface area (Å²) in [5.74, 6) is 0.125. The molecule has 5 heteroatoms. The van der Waals surface area contributed by atoms with Gasteiger partial charge >= 0.3 is 0 Å². The number of nitrogens with zero attached hydrogens (tertiary/aromatic N) is 2. The van der Waals surface area contributed by atoms with Gasteiger partial charge in [0.25, 0.3) is 0 Å². The minimum absolute atomic E-state index is 0.0830. The molecule has 0 bridgehead atoms. The van der Waals surface area contributed by atoms with Crippen LogP contribution >= 0.6 is 0 Å². The molecule has 2 aliphatic rings. The number of likely N-dealkylation sites (tertiary alicyclic amines) is 1. The zero-order valence-corrected chi connectivity index (χ0v) is 12.3. The van der Waals surface area contributed by atoms with Crippen molar-refractivity contribution in [2.75, 3.05) is 13.1 Å². The summed E-state index contributed by atoms with van der Waals surface area (Å²) in [5.41, 5.74) is 1.02. The number of amides is 1. The molecule has 1 aromatic carbocycles. The maximum atomic E-state index is 14.1. The molecule has 22 heavy (non-hydrogen) atoms. The van der Waals surface area contributed by atoms with Crippen molar-refractivity contribution in [3.8, 4) is 0 Å². The molecular weight excluding hydrogens is 281 g/mol. The van der Waals surface area contributed by atoms with Gasteiger partial charge in [-0.05, 0) is 31.4 Å². The fourth-order valence-electron chi connectivity index (χ4n) is 3.57. The maximum Gasteiger partial charge on any atom is 0.233 e. The number of aromatic amines is 1. The van der Waals surface area contributed by atoms with Gasteiger partial charge in [-0.25, -0.2) is 4.39 Å². The molecule has 4 nitrogen and oxygen atoms in total. The Bertz CT molecular complexity index is 694. The molecule has 1 N–H and O–H groups in total. The predicted octanol–water partition coefficient (Wildman–Crippen LogP) is 2.60. The molecule has 1 amide bonds. The zero-order chi connectivity index (χ0) is 15.2. The normalized spacial score (nSPS) is 22.8. The van der Waals surface area contributed by atoms with E-state index in [1.165, 1.54) is 6.07 Å². The summed E-state index contributed by atoms with van der Waals surface area (Å²) in [6.45, 7) is 1.43. The maximum absolute atomic E-state index is 14.1. The third-order valence-electron chi connectivity index (χ3n) is 4.99. The molecular formula is C17H18FN3O. The summed E-state index contributed by atoms with van der Waals surface area (Å²) in [7, 11) is 0. The molecule has 2 aromatic rings. The first kappa shape index (κ1) is 13.5. The molecule has 114 valence electrons. The third kappa shape index (κ3) is 2.03. The van der Waals surface area contributed by atoms with Gasteiger partial charge in [-0.1, -0.05) is 18.2 Å². The fraction of sp³-hybridized carbons (Fsp3) is 0.412. The first-order valence-electron chi connectivity index (χ1n) is 7.74. The monoisotopic (exact) mass is 299 g/mol. The number of benzene rings is 1. The SMILES string of the molecule is O=C(N1CC[C@@H](c2ccn[nH]2)C1)C1(c2ccccc2F)CC1. The van der Waals surface area contributed by atoms with Gasteiger partial charge in [0.05, 0.1) is 5.41 Å². The molecule has 1 saturated heterocycles. The fourth-order valence-corrected chi connectivity index (χ4v) is 3.57. The van der Waals surface area contributed by atoms with Crippen molar-refractivity contribution in [3.63, 3.8) is 0 Å². The molecule has 2 fully saturated rings. The topological polar surface area (TPSA) is 49.0 Å². The van der Waals surface area contributed by atoms with Crippen molar-refractivity contribution in [1.29, 1.82) is 0 Å². The van der Waals surface area contributed by atoms with Gasteiger partial charge in [0.15, 0.2) is 0 Å². The average molecular weight is 299 g/mol. The number of halogens is 1. The van der Waals surface area contributed by atoms with Crippen LogP contribution in [-0.4, -0.2) is 34.1 Å². The number of carbonyl (C=O) groups excluding carboxylic acids is 1. The van der Waals surface area contributed by atoms with Crippen molar-refractivity contribution in [2.24, 2.45) is 0 Å². The number of rotatable bonds is 3. The van der Waals surface area contributed by atoms with Gasteiger partial charge in [0.1, 0.15) is 5.82 Å². The van der Waals surface area contributed by atoms with E-state index in [4.69, 9.17) is 0 Å². The molecule has 1 aliphatic heterocycles. The number of aromatic nitrogens is 2. The van der Waals surface area contributed by atoms with Crippen LogP contribution in [0.1, 0.15) is 36.4 Å². The molecule has 1 aliphatic carbocycles. The Morgan fingerprint density at radius 2 is 2.14 bits per heavy atom. The van der Waals surface area contributed by atoms with Crippen LogP contribution < -0.4 is 0 Å². The van der Waals surface area contributed by atoms with E-state index < -0.39 is 5.41 Å². The highest BCUT2D eigenvalue weighted by molar-refractivity contribution is 5.91. The number of H-pyrrole nitrogens is 1. The van der Waals surface area contributed by atoms with E-state index >= 15 is 0 Å². The number of carbonyl (C=O) groups is 1. The zero-order valence-electron chi connectivity index (χ0n) is 12.3. The van der Waals surface area contributed by atoms with Crippen LogP contribution in [0.15, 0.2) is 36.5 Å². The number of hydrogen-bond donors (Lipinski definition) is 1. The van der Waals surface area contributed by atoms with E-state index in [0.717, 1.165) is 31.5 Å². The lowest BCUT2D eigenvalue weighted by atomic mass is 9.94. The Labute approximate surface area is 128 Å². The summed E-state index contributed by atoms with van der Waals surface area (Å²) in [4.78, 5) is 14.8. The van der Waals surface area contributed by atoms with Crippen LogP contribution in [0.3, 0.4) is 0 Å². The molecule has 0 unspecified atom stereocenters. The van der Waals surface area contributed by atoms with Crippen molar-refractivity contribution in [3.05, 3.63) is 53.6 Å². The van der Waals surface area contributed by atoms with Crippen molar-refractivity contribution < 1.29 is 9.18 Å². The molecule has 2 heterocycles. The second kappa shape index (κ2) is 4.93. The summed E-state index contributed by atoms with van der Waals surface area (Å²) >= 11 is 0. The second-order valence-electron chi connectivity index (χ2n) is 6.31. The number of hydrogen-bond acceptors (Lipinski definition) is 2. The van der Waals surface area contributed by atoms with Gasteiger partial charge in [-0.15, -0.1) is 0 Å². The van der Waals surface area contributed by atoms with Crippen LogP contribution in [0.2, 0.25) is 0 Å². The summed E-state index contributed by atoms with van der Waals surface area (Å²) in [6, 6.07) is 8.64. The average Bonchev–Trinajstić information content (AvgIpc) is 2.96. The Hall–Kier alpha value is -2.17. The lowest BCUT2D eigenvalue weighted by molar-refractivity contribution is -0.133. The Morgan fingerprint density at radius 3 is 2.82 bits per heavy atom. The minimum atomic E-state index is -0.617. The minimum Gasteiger partial charge on any atom is -0.341 e. The van der Waals surface area contributed by atoms with Crippen LogP contribution in [0.5, 0.6) is 0 Å². The molecule has 1 aromatic heterocycles. The lowest BCUT2D eigenvalue weighted by Gasteiger charge is -2.24. The molecule has 0 spiro atoms. The first-order valence-corrected chi connectivity index (χ1v) is 7.74. The van der Waals surface area contributed by atoms with E-state index in [0.29, 0.717) is 18.0 Å². The quantitative estimate of drug-likeness (QED) is 0.947. The third-order valence-corrected chi connectivity index (χ3v) is 4.99. The van der Waals surface area contributed by atoms with E-state index in [2.05, 4.69) is 10.2 Å².